The summed E-state index contributed by atoms with van der Waals surface area (Å²) in [4.78, 5) is 13.0. The summed E-state index contributed by atoms with van der Waals surface area (Å²) in [6.07, 6.45) is 0.294. The summed E-state index contributed by atoms with van der Waals surface area (Å²) in [6.45, 7) is 5.99. The van der Waals surface area contributed by atoms with Gasteiger partial charge in [0.15, 0.2) is 5.78 Å². The van der Waals surface area contributed by atoms with E-state index < -0.39 is 0 Å². The van der Waals surface area contributed by atoms with E-state index in [1.807, 2.05) is 39.0 Å². The molecule has 1 heterocycles. The molecule has 0 fully saturated rings. The quantitative estimate of drug-likeness (QED) is 0.799. The predicted molar refractivity (Wildman–Crippen MR) is 78.2 cm³/mol. The Morgan fingerprint density at radius 1 is 1.42 bits per heavy atom. The van der Waals surface area contributed by atoms with Gasteiger partial charge in [-0.2, -0.15) is 0 Å². The van der Waals surface area contributed by atoms with E-state index in [0.717, 1.165) is 28.4 Å². The smallest absolute Gasteiger partial charge is 0.180 e. The molecule has 2 aromatic rings. The number of nitrogens with zero attached hydrogens (tertiary/aromatic N) is 2. The van der Waals surface area contributed by atoms with Gasteiger partial charge in [-0.15, -0.1) is 5.10 Å². The normalized spacial score (nSPS) is 11.0. The van der Waals surface area contributed by atoms with E-state index in [-0.39, 0.29) is 11.7 Å². The molecule has 100 valence electrons. The number of hydrogen-bond donors (Lipinski definition) is 0. The van der Waals surface area contributed by atoms with E-state index >= 15 is 0 Å². The van der Waals surface area contributed by atoms with Crippen LogP contribution in [0.15, 0.2) is 18.2 Å². The van der Waals surface area contributed by atoms with Crippen LogP contribution in [0, 0.1) is 6.92 Å². The Morgan fingerprint density at radius 2 is 2.16 bits per heavy atom. The van der Waals surface area contributed by atoms with Crippen LogP contribution in [0.3, 0.4) is 0 Å². The number of aromatic nitrogens is 2. The third-order valence-electron chi connectivity index (χ3n) is 2.87. The number of hydrogen-bond acceptors (Lipinski definition) is 4. The summed E-state index contributed by atoms with van der Waals surface area (Å²) in [6, 6.07) is 5.74. The first kappa shape index (κ1) is 14.2. The molecule has 0 amide bonds. The molecule has 1 aromatic carbocycles. The molecule has 2 rings (SSSR count). The topological polar surface area (TPSA) is 42.9 Å². The van der Waals surface area contributed by atoms with Crippen LogP contribution in [0.2, 0.25) is 5.02 Å². The minimum atomic E-state index is 0.0319. The Bertz CT molecular complexity index is 607. The maximum atomic E-state index is 12.3. The Kier molecular flexibility index (Phi) is 4.32. The first-order chi connectivity index (χ1) is 8.99. The van der Waals surface area contributed by atoms with Gasteiger partial charge in [0.05, 0.1) is 5.69 Å². The lowest BCUT2D eigenvalue weighted by molar-refractivity contribution is 0.0995. The van der Waals surface area contributed by atoms with Crippen molar-refractivity contribution >= 4 is 28.9 Å². The first-order valence-electron chi connectivity index (χ1n) is 6.09. The van der Waals surface area contributed by atoms with E-state index in [4.69, 9.17) is 11.6 Å². The molecule has 0 bridgehead atoms. The summed E-state index contributed by atoms with van der Waals surface area (Å²) in [5, 5.41) is 4.67. The average molecular weight is 295 g/mol. The molecule has 0 radical (unpaired) electrons. The third kappa shape index (κ3) is 3.19. The Labute approximate surface area is 121 Å². The molecule has 3 nitrogen and oxygen atoms in total. The zero-order chi connectivity index (χ0) is 14.0. The number of aryl methyl sites for hydroxylation is 1. The molecule has 5 heteroatoms. The Hall–Kier alpha value is -1.26. The Balaban J connectivity index is 2.23. The van der Waals surface area contributed by atoms with Crippen molar-refractivity contribution in [1.82, 2.24) is 9.59 Å². The molecule has 0 N–H and O–H groups in total. The van der Waals surface area contributed by atoms with Crippen LogP contribution < -0.4 is 0 Å². The third-order valence-corrected chi connectivity index (χ3v) is 4.01. The van der Waals surface area contributed by atoms with Crippen LogP contribution in [-0.4, -0.2) is 15.4 Å². The molecular formula is C14H15ClN2OS. The van der Waals surface area contributed by atoms with Gasteiger partial charge in [0.25, 0.3) is 0 Å². The van der Waals surface area contributed by atoms with Gasteiger partial charge in [-0.3, -0.25) is 4.79 Å². The molecule has 0 aliphatic rings. The number of carbonyl (C=O) groups excluding carboxylic acids is 1. The molecule has 0 saturated carbocycles. The maximum absolute atomic E-state index is 12.3. The first-order valence-corrected chi connectivity index (χ1v) is 7.24. The van der Waals surface area contributed by atoms with Crippen molar-refractivity contribution < 1.29 is 4.79 Å². The molecular weight excluding hydrogens is 280 g/mol. The zero-order valence-corrected chi connectivity index (χ0v) is 12.7. The van der Waals surface area contributed by atoms with Gasteiger partial charge in [-0.05, 0) is 41.6 Å². The van der Waals surface area contributed by atoms with Gasteiger partial charge in [0, 0.05) is 11.4 Å². The number of halogens is 1. The van der Waals surface area contributed by atoms with Gasteiger partial charge >= 0.3 is 0 Å². The van der Waals surface area contributed by atoms with Gasteiger partial charge in [0.1, 0.15) is 4.88 Å². The fraction of sp³-hybridized carbons (Fsp3) is 0.357. The summed E-state index contributed by atoms with van der Waals surface area (Å²) in [5.74, 6) is 0.232. The summed E-state index contributed by atoms with van der Waals surface area (Å²) >= 11 is 7.32. The van der Waals surface area contributed by atoms with Crippen molar-refractivity contribution in [2.45, 2.75) is 33.1 Å². The summed E-state index contributed by atoms with van der Waals surface area (Å²) in [5.41, 5.74) is 2.71. The predicted octanol–water partition coefficient (Wildman–Crippen LogP) is 4.05. The monoisotopic (exact) mass is 294 g/mol. The number of rotatable bonds is 4. The van der Waals surface area contributed by atoms with E-state index in [1.54, 1.807) is 0 Å². The molecule has 0 aliphatic carbocycles. The van der Waals surface area contributed by atoms with Crippen molar-refractivity contribution in [3.63, 3.8) is 0 Å². The van der Waals surface area contributed by atoms with Gasteiger partial charge in [0.2, 0.25) is 0 Å². The second-order valence-corrected chi connectivity index (χ2v) is 6.00. The molecule has 0 atom stereocenters. The second-order valence-electron chi connectivity index (χ2n) is 4.84. The minimum Gasteiger partial charge on any atom is -0.293 e. The highest BCUT2D eigenvalue weighted by molar-refractivity contribution is 7.08. The van der Waals surface area contributed by atoms with Crippen LogP contribution in [0.25, 0.3) is 0 Å². The number of benzene rings is 1. The van der Waals surface area contributed by atoms with Crippen LogP contribution in [0.5, 0.6) is 0 Å². The van der Waals surface area contributed by atoms with Crippen molar-refractivity contribution in [2.75, 3.05) is 0 Å². The van der Waals surface area contributed by atoms with Crippen molar-refractivity contribution in [3.8, 4) is 0 Å². The minimum absolute atomic E-state index is 0.0319. The van der Waals surface area contributed by atoms with Gasteiger partial charge < -0.3 is 0 Å². The van der Waals surface area contributed by atoms with Crippen LogP contribution >= 0.6 is 23.1 Å². The fourth-order valence-electron chi connectivity index (χ4n) is 1.82. The van der Waals surface area contributed by atoms with Crippen LogP contribution in [0.1, 0.15) is 46.3 Å². The highest BCUT2D eigenvalue weighted by atomic mass is 35.5. The van der Waals surface area contributed by atoms with Crippen LogP contribution in [-0.2, 0) is 6.42 Å². The highest BCUT2D eigenvalue weighted by Gasteiger charge is 2.19. The van der Waals surface area contributed by atoms with Gasteiger partial charge in [-0.1, -0.05) is 42.1 Å². The van der Waals surface area contributed by atoms with E-state index in [0.29, 0.717) is 16.3 Å². The Morgan fingerprint density at radius 3 is 2.79 bits per heavy atom. The lowest BCUT2D eigenvalue weighted by atomic mass is 10.0. The van der Waals surface area contributed by atoms with Crippen LogP contribution in [0.4, 0.5) is 0 Å². The molecule has 0 spiro atoms. The largest absolute Gasteiger partial charge is 0.293 e. The molecule has 19 heavy (non-hydrogen) atoms. The average Bonchev–Trinajstić information content (AvgIpc) is 2.82. The molecule has 0 aliphatic heterocycles. The summed E-state index contributed by atoms with van der Waals surface area (Å²) in [7, 11) is 0. The van der Waals surface area contributed by atoms with Gasteiger partial charge in [-0.25, -0.2) is 0 Å². The molecule has 0 saturated heterocycles. The van der Waals surface area contributed by atoms with Crippen molar-refractivity contribution in [3.05, 3.63) is 44.9 Å². The lowest BCUT2D eigenvalue weighted by Gasteiger charge is -2.06. The SMILES string of the molecule is Cc1ccc(CC(=O)c2snnc2C(C)C)c(Cl)c1. The fourth-order valence-corrected chi connectivity index (χ4v) is 2.87. The highest BCUT2D eigenvalue weighted by Crippen LogP contribution is 2.24. The second kappa shape index (κ2) is 5.80. The number of Topliss-reactive ketones (excluding diaryl/α,β-unsaturated/α-hetero) is 1. The molecule has 1 aromatic heterocycles. The van der Waals surface area contributed by atoms with Crippen molar-refractivity contribution in [2.24, 2.45) is 0 Å². The zero-order valence-electron chi connectivity index (χ0n) is 11.1. The standard InChI is InChI=1S/C14H15ClN2OS/c1-8(2)13-14(19-17-16-13)12(18)7-10-5-4-9(3)6-11(10)15/h4-6,8H,7H2,1-3H3. The van der Waals surface area contributed by atoms with E-state index in [1.165, 1.54) is 0 Å². The lowest BCUT2D eigenvalue weighted by Crippen LogP contribution is -2.06. The molecule has 0 unspecified atom stereocenters. The number of carbonyl (C=O) groups is 1. The maximum Gasteiger partial charge on any atom is 0.180 e. The number of ketones is 1. The van der Waals surface area contributed by atoms with E-state index in [2.05, 4.69) is 9.59 Å². The summed E-state index contributed by atoms with van der Waals surface area (Å²) < 4.78 is 3.88. The van der Waals surface area contributed by atoms with Crippen molar-refractivity contribution in [1.29, 1.82) is 0 Å². The van der Waals surface area contributed by atoms with E-state index in [9.17, 15) is 4.79 Å².